The van der Waals surface area contributed by atoms with E-state index in [1.165, 1.54) is 6.08 Å². The predicted molar refractivity (Wildman–Crippen MR) is 218 cm³/mol. The van der Waals surface area contributed by atoms with E-state index in [0.29, 0.717) is 13.0 Å². The van der Waals surface area contributed by atoms with E-state index in [1.54, 1.807) is 51.2 Å². The summed E-state index contributed by atoms with van der Waals surface area (Å²) in [7, 11) is 7.34. The van der Waals surface area contributed by atoms with Gasteiger partial charge in [-0.15, -0.1) is 0 Å². The zero-order valence-electron chi connectivity index (χ0n) is 34.6. The number of ketones is 1. The number of hydrogen-bond donors (Lipinski definition) is 3. The number of aromatic nitrogens is 1. The van der Waals surface area contributed by atoms with Crippen LogP contribution in [0.15, 0.2) is 66.4 Å². The highest BCUT2D eigenvalue weighted by atomic mass is 16.8. The van der Waals surface area contributed by atoms with Gasteiger partial charge in [-0.3, -0.25) is 14.6 Å². The van der Waals surface area contributed by atoms with Crippen LogP contribution in [-0.4, -0.2) is 139 Å². The molecule has 2 aliphatic rings. The van der Waals surface area contributed by atoms with Crippen molar-refractivity contribution in [3.8, 4) is 0 Å². The number of hydrogen-bond acceptors (Lipinski definition) is 13. The normalized spacial score (nSPS) is 34.0. The van der Waals surface area contributed by atoms with Crippen LogP contribution in [0.1, 0.15) is 58.9 Å². The van der Waals surface area contributed by atoms with Crippen LogP contribution in [-0.2, 0) is 33.3 Å². The maximum atomic E-state index is 13.5. The van der Waals surface area contributed by atoms with Crippen molar-refractivity contribution in [2.45, 2.75) is 103 Å². The van der Waals surface area contributed by atoms with Crippen molar-refractivity contribution in [1.82, 2.24) is 14.8 Å². The van der Waals surface area contributed by atoms with Crippen molar-refractivity contribution in [3.05, 3.63) is 72.0 Å². The van der Waals surface area contributed by atoms with Gasteiger partial charge in [0.15, 0.2) is 18.4 Å². The fourth-order valence-electron chi connectivity index (χ4n) is 7.86. The summed E-state index contributed by atoms with van der Waals surface area (Å²) in [4.78, 5) is 47.2. The van der Waals surface area contributed by atoms with E-state index in [-0.39, 0.29) is 37.6 Å². The summed E-state index contributed by atoms with van der Waals surface area (Å²) >= 11 is 0. The van der Waals surface area contributed by atoms with Gasteiger partial charge in [0.25, 0.3) is 0 Å². The van der Waals surface area contributed by atoms with Gasteiger partial charge in [-0.2, -0.15) is 0 Å². The van der Waals surface area contributed by atoms with Gasteiger partial charge >= 0.3 is 5.97 Å². The van der Waals surface area contributed by atoms with Crippen LogP contribution in [0.4, 0.5) is 0 Å². The van der Waals surface area contributed by atoms with Gasteiger partial charge < -0.3 is 48.9 Å². The molecule has 0 amide bonds. The Balaban J connectivity index is 1.58. The minimum absolute atomic E-state index is 0.0379. The standard InChI is InChI=1S/C44H63N3O10/c1-9-37-33(26-46(5)6)21-27(2)16-17-35(49)28(3)22-32(18-19-48)41(29(4)36(50)24-38(51)55-37)56-44-40(52)39(47(7)8)42(43(53)57-44)54-20-12-13-30-23-31-14-10-11-15-34(31)45-25-30/h10-17,19,21,23,25,28-29,32-33,36-37,39-44,50,52-53H,9,18,20,22,24,26H2,1-8H3/b13-12+,17-16+,27-21+/t28-,29+,32+,33-,36-,37-,39-,40-,41-,42+,43+,44-/m1/s1. The zero-order valence-corrected chi connectivity index (χ0v) is 34.6. The molecular weight excluding hydrogens is 730 g/mol. The first-order valence-corrected chi connectivity index (χ1v) is 20.0. The molecule has 13 heteroatoms. The molecule has 0 aliphatic carbocycles. The Kier molecular flexibility index (Phi) is 17.7. The fourth-order valence-corrected chi connectivity index (χ4v) is 7.86. The largest absolute Gasteiger partial charge is 0.462 e. The first-order valence-electron chi connectivity index (χ1n) is 20.0. The molecule has 1 fully saturated rings. The van der Waals surface area contributed by atoms with Crippen LogP contribution in [0.5, 0.6) is 0 Å². The van der Waals surface area contributed by atoms with Crippen LogP contribution in [0.3, 0.4) is 0 Å². The number of carbonyl (C=O) groups is 3. The third kappa shape index (κ3) is 12.9. The minimum atomic E-state index is -1.53. The molecule has 13 nitrogen and oxygen atoms in total. The number of pyridine rings is 1. The summed E-state index contributed by atoms with van der Waals surface area (Å²) in [5.41, 5.74) is 2.59. The lowest BCUT2D eigenvalue weighted by Gasteiger charge is -2.47. The molecule has 4 rings (SSSR count). The van der Waals surface area contributed by atoms with Gasteiger partial charge in [-0.1, -0.05) is 68.8 Å². The number of allylic oxidation sites excluding steroid dienone is 3. The third-order valence-corrected chi connectivity index (χ3v) is 10.9. The predicted octanol–water partition coefficient (Wildman–Crippen LogP) is 4.19. The second kappa shape index (κ2) is 21.9. The molecule has 0 unspecified atom stereocenters. The molecule has 3 heterocycles. The summed E-state index contributed by atoms with van der Waals surface area (Å²) in [6, 6.07) is 9.00. The van der Waals surface area contributed by atoms with E-state index in [4.69, 9.17) is 18.9 Å². The van der Waals surface area contributed by atoms with Crippen LogP contribution in [0, 0.1) is 23.7 Å². The molecule has 0 saturated carbocycles. The van der Waals surface area contributed by atoms with Crippen molar-refractivity contribution in [1.29, 1.82) is 0 Å². The molecule has 1 saturated heterocycles. The molecule has 12 atom stereocenters. The van der Waals surface area contributed by atoms with E-state index in [2.05, 4.69) is 4.98 Å². The first kappa shape index (κ1) is 46.0. The average molecular weight is 794 g/mol. The second-order valence-electron chi connectivity index (χ2n) is 16.0. The SMILES string of the molecule is CC[C@H]1OC(=O)C[C@@H](O)[C@H](C)[C@@H](O[C@@H]2O[C@H](O)[C@@H](OC/C=C/c3cnc4ccccc4c3)[C@H](N(C)C)[C@H]2O)[C@@H](CC=O)C[C@@H](C)C(=O)/C=C/C(C)=C/[C@@H]1CN(C)C. The van der Waals surface area contributed by atoms with Gasteiger partial charge in [0.1, 0.15) is 24.6 Å². The maximum Gasteiger partial charge on any atom is 0.308 e. The van der Waals surface area contributed by atoms with Crippen molar-refractivity contribution in [2.75, 3.05) is 41.3 Å². The highest BCUT2D eigenvalue weighted by Crippen LogP contribution is 2.35. The fraction of sp³-hybridized carbons (Fsp3) is 0.591. The van der Waals surface area contributed by atoms with Gasteiger partial charge in [-0.05, 0) is 77.6 Å². The molecule has 0 spiro atoms. The quantitative estimate of drug-likeness (QED) is 0.207. The summed E-state index contributed by atoms with van der Waals surface area (Å²) in [5, 5.41) is 35.7. The van der Waals surface area contributed by atoms with Crippen molar-refractivity contribution in [3.63, 3.8) is 0 Å². The number of para-hydroxylation sites is 1. The molecular formula is C44H63N3O10. The topological polar surface area (TPSA) is 168 Å². The molecule has 2 aliphatic heterocycles. The molecule has 57 heavy (non-hydrogen) atoms. The van der Waals surface area contributed by atoms with Crippen molar-refractivity contribution in [2.24, 2.45) is 23.7 Å². The van der Waals surface area contributed by atoms with E-state index in [1.807, 2.05) is 75.3 Å². The van der Waals surface area contributed by atoms with Gasteiger partial charge in [-0.25, -0.2) is 0 Å². The van der Waals surface area contributed by atoms with Crippen LogP contribution in [0.2, 0.25) is 0 Å². The van der Waals surface area contributed by atoms with Gasteiger partial charge in [0.2, 0.25) is 0 Å². The third-order valence-electron chi connectivity index (χ3n) is 10.9. The highest BCUT2D eigenvalue weighted by Gasteiger charge is 2.49. The molecule has 1 aromatic carbocycles. The monoisotopic (exact) mass is 793 g/mol. The smallest absolute Gasteiger partial charge is 0.308 e. The Labute approximate surface area is 337 Å². The number of likely N-dealkylation sites (N-methyl/N-ethyl adjacent to an activating group) is 1. The summed E-state index contributed by atoms with van der Waals surface area (Å²) in [6.45, 7) is 7.96. The summed E-state index contributed by atoms with van der Waals surface area (Å²) in [5.74, 6) is -2.89. The minimum Gasteiger partial charge on any atom is -0.462 e. The number of aliphatic hydroxyl groups excluding tert-OH is 3. The molecule has 0 bridgehead atoms. The molecule has 0 radical (unpaired) electrons. The zero-order chi connectivity index (χ0) is 41.8. The summed E-state index contributed by atoms with van der Waals surface area (Å²) in [6.07, 6.45) is 3.68. The number of ether oxygens (including phenoxy) is 4. The Morgan fingerprint density at radius 1 is 1.04 bits per heavy atom. The van der Waals surface area contributed by atoms with E-state index < -0.39 is 72.9 Å². The Hall–Kier alpha value is -3.66. The number of cyclic esters (lactones) is 1. The molecule has 1 aromatic heterocycles. The molecule has 314 valence electrons. The molecule has 2 aromatic rings. The van der Waals surface area contributed by atoms with Crippen LogP contribution >= 0.6 is 0 Å². The lowest BCUT2D eigenvalue weighted by molar-refractivity contribution is -0.349. The number of esters is 1. The highest BCUT2D eigenvalue weighted by molar-refractivity contribution is 5.91. The number of aldehydes is 1. The second-order valence-corrected chi connectivity index (χ2v) is 16.0. The first-order chi connectivity index (χ1) is 27.1. The number of benzene rings is 1. The molecule has 3 N–H and O–H groups in total. The number of nitrogens with zero attached hydrogens (tertiary/aromatic N) is 3. The summed E-state index contributed by atoms with van der Waals surface area (Å²) < 4.78 is 24.5. The number of carbonyl (C=O) groups excluding carboxylic acids is 3. The van der Waals surface area contributed by atoms with Crippen molar-refractivity contribution < 1.29 is 48.7 Å². The lowest BCUT2D eigenvalue weighted by atomic mass is 9.79. The van der Waals surface area contributed by atoms with E-state index >= 15 is 0 Å². The Morgan fingerprint density at radius 3 is 2.46 bits per heavy atom. The van der Waals surface area contributed by atoms with Crippen molar-refractivity contribution >= 4 is 35.0 Å². The van der Waals surface area contributed by atoms with Gasteiger partial charge in [0.05, 0.1) is 36.8 Å². The number of fused-ring (bicyclic) bond motifs is 1. The van der Waals surface area contributed by atoms with E-state index in [0.717, 1.165) is 28.3 Å². The van der Waals surface area contributed by atoms with E-state index in [9.17, 15) is 29.7 Å². The number of aliphatic hydroxyl groups is 3. The Morgan fingerprint density at radius 2 is 1.77 bits per heavy atom. The Bertz CT molecular complexity index is 1710. The average Bonchev–Trinajstić information content (AvgIpc) is 3.16. The van der Waals surface area contributed by atoms with Gasteiger partial charge in [0, 0.05) is 42.3 Å². The van der Waals surface area contributed by atoms with Crippen LogP contribution < -0.4 is 0 Å². The number of rotatable bonds is 12. The lowest BCUT2D eigenvalue weighted by Crippen LogP contribution is -2.64. The maximum absolute atomic E-state index is 13.5. The van der Waals surface area contributed by atoms with Crippen LogP contribution in [0.25, 0.3) is 17.0 Å².